The van der Waals surface area contributed by atoms with Crippen molar-refractivity contribution in [2.75, 3.05) is 11.2 Å². The fourth-order valence-electron chi connectivity index (χ4n) is 1.01. The van der Waals surface area contributed by atoms with E-state index in [1.54, 1.807) is 11.3 Å². The molecule has 1 N–H and O–H groups in total. The quantitative estimate of drug-likeness (QED) is 0.788. The number of halogens is 1. The second-order valence-corrected chi connectivity index (χ2v) is 4.73. The molecule has 2 unspecified atom stereocenters. The number of hydrogen-bond acceptors (Lipinski definition) is 3. The lowest BCUT2D eigenvalue weighted by Gasteiger charge is -2.18. The minimum absolute atomic E-state index is 0.378. The molecule has 0 amide bonds. The Kier molecular flexibility index (Phi) is 4.69. The Morgan fingerprint density at radius 3 is 2.79 bits per heavy atom. The number of nitrogens with one attached hydrogen (secondary N) is 1. The Morgan fingerprint density at radius 1 is 1.57 bits per heavy atom. The van der Waals surface area contributed by atoms with Crippen LogP contribution < -0.4 is 5.32 Å². The van der Waals surface area contributed by atoms with Crippen LogP contribution in [0.25, 0.3) is 0 Å². The lowest BCUT2D eigenvalue weighted by molar-refractivity contribution is 0.565. The summed E-state index contributed by atoms with van der Waals surface area (Å²) in [6.07, 6.45) is 0.998. The number of aryl methyl sites for hydroxylation is 1. The molecule has 0 radical (unpaired) electrons. The first-order valence-electron chi connectivity index (χ1n) is 4.94. The van der Waals surface area contributed by atoms with Gasteiger partial charge in [0.05, 0.1) is 5.69 Å². The second-order valence-electron chi connectivity index (χ2n) is 3.56. The molecule has 0 aliphatic rings. The fourth-order valence-corrected chi connectivity index (χ4v) is 2.16. The average Bonchev–Trinajstić information content (AvgIpc) is 2.64. The average molecular weight is 233 g/mol. The third-order valence-corrected chi connectivity index (χ3v) is 3.67. The Hall–Kier alpha value is -0.280. The zero-order valence-corrected chi connectivity index (χ0v) is 10.5. The molecule has 2 atom stereocenters. The van der Waals surface area contributed by atoms with E-state index in [1.807, 2.05) is 0 Å². The van der Waals surface area contributed by atoms with E-state index in [2.05, 4.69) is 36.5 Å². The largest absolute Gasteiger partial charge is 0.359 e. The van der Waals surface area contributed by atoms with Crippen molar-refractivity contribution >= 4 is 28.1 Å². The number of alkyl halides is 1. The number of anilines is 1. The molecule has 80 valence electrons. The monoisotopic (exact) mass is 232 g/mol. The van der Waals surface area contributed by atoms with Gasteiger partial charge in [-0.15, -0.1) is 22.9 Å². The van der Waals surface area contributed by atoms with Crippen molar-refractivity contribution in [3.8, 4) is 0 Å². The van der Waals surface area contributed by atoms with Crippen LogP contribution >= 0.6 is 22.9 Å². The van der Waals surface area contributed by atoms with Crippen molar-refractivity contribution in [2.24, 2.45) is 5.92 Å². The smallest absolute Gasteiger partial charge is 0.183 e. The van der Waals surface area contributed by atoms with Crippen LogP contribution in [-0.2, 0) is 6.42 Å². The van der Waals surface area contributed by atoms with Gasteiger partial charge in [0.25, 0.3) is 0 Å². The maximum absolute atomic E-state index is 5.79. The lowest BCUT2D eigenvalue weighted by atomic mass is 10.1. The zero-order chi connectivity index (χ0) is 10.6. The Morgan fingerprint density at radius 2 is 2.29 bits per heavy atom. The molecular formula is C10H17ClN2S. The Balaban J connectivity index is 2.51. The number of thiazole rings is 1. The van der Waals surface area contributed by atoms with Crippen LogP contribution in [0.3, 0.4) is 0 Å². The molecule has 1 heterocycles. The predicted octanol–water partition coefficient (Wildman–Crippen LogP) is 3.38. The second kappa shape index (κ2) is 5.56. The number of aromatic nitrogens is 1. The highest BCUT2D eigenvalue weighted by Crippen LogP contribution is 2.18. The van der Waals surface area contributed by atoms with E-state index in [9.17, 15) is 0 Å². The van der Waals surface area contributed by atoms with Gasteiger partial charge in [-0.2, -0.15) is 0 Å². The Bertz CT molecular complexity index is 275. The molecule has 0 aromatic carbocycles. The topological polar surface area (TPSA) is 24.9 Å². The summed E-state index contributed by atoms with van der Waals surface area (Å²) in [6, 6.07) is 0.378. The van der Waals surface area contributed by atoms with Crippen LogP contribution in [0.1, 0.15) is 26.5 Å². The van der Waals surface area contributed by atoms with Crippen LogP contribution in [0.4, 0.5) is 5.13 Å². The SMILES string of the molecule is CCc1csc(NC(C)C(C)CCl)n1. The van der Waals surface area contributed by atoms with E-state index >= 15 is 0 Å². The van der Waals surface area contributed by atoms with Gasteiger partial charge in [-0.05, 0) is 19.3 Å². The summed E-state index contributed by atoms with van der Waals surface area (Å²) in [5.74, 6) is 1.14. The van der Waals surface area contributed by atoms with Crippen molar-refractivity contribution < 1.29 is 0 Å². The summed E-state index contributed by atoms with van der Waals surface area (Å²) >= 11 is 7.45. The molecule has 0 spiro atoms. The van der Waals surface area contributed by atoms with E-state index in [1.165, 1.54) is 0 Å². The number of rotatable bonds is 5. The van der Waals surface area contributed by atoms with Crippen LogP contribution in [0, 0.1) is 5.92 Å². The molecule has 0 aliphatic heterocycles. The van der Waals surface area contributed by atoms with E-state index in [-0.39, 0.29) is 0 Å². The molecule has 1 aromatic rings. The first kappa shape index (κ1) is 11.8. The maximum Gasteiger partial charge on any atom is 0.183 e. The summed E-state index contributed by atoms with van der Waals surface area (Å²) < 4.78 is 0. The van der Waals surface area contributed by atoms with Crippen molar-refractivity contribution in [2.45, 2.75) is 33.2 Å². The van der Waals surface area contributed by atoms with Gasteiger partial charge in [-0.3, -0.25) is 0 Å². The van der Waals surface area contributed by atoms with Crippen LogP contribution in [0.2, 0.25) is 0 Å². The molecule has 0 saturated carbocycles. The molecule has 14 heavy (non-hydrogen) atoms. The predicted molar refractivity (Wildman–Crippen MR) is 64.5 cm³/mol. The summed E-state index contributed by atoms with van der Waals surface area (Å²) in [7, 11) is 0. The summed E-state index contributed by atoms with van der Waals surface area (Å²) in [5, 5.41) is 6.47. The lowest BCUT2D eigenvalue weighted by Crippen LogP contribution is -2.24. The molecule has 1 aromatic heterocycles. The van der Waals surface area contributed by atoms with Gasteiger partial charge < -0.3 is 5.32 Å². The highest BCUT2D eigenvalue weighted by Gasteiger charge is 2.12. The molecule has 0 aliphatic carbocycles. The molecule has 2 nitrogen and oxygen atoms in total. The molecule has 1 rings (SSSR count). The van der Waals surface area contributed by atoms with Crippen molar-refractivity contribution in [3.63, 3.8) is 0 Å². The van der Waals surface area contributed by atoms with Gasteiger partial charge in [-0.25, -0.2) is 4.98 Å². The highest BCUT2D eigenvalue weighted by atomic mass is 35.5. The first-order valence-corrected chi connectivity index (χ1v) is 6.35. The maximum atomic E-state index is 5.79. The van der Waals surface area contributed by atoms with Crippen LogP contribution in [-0.4, -0.2) is 16.9 Å². The summed E-state index contributed by atoms with van der Waals surface area (Å²) in [5.41, 5.74) is 1.16. The minimum Gasteiger partial charge on any atom is -0.359 e. The fraction of sp³-hybridized carbons (Fsp3) is 0.700. The summed E-state index contributed by atoms with van der Waals surface area (Å²) in [4.78, 5) is 4.45. The Labute approximate surface area is 94.7 Å². The molecule has 4 heteroatoms. The van der Waals surface area contributed by atoms with Gasteiger partial charge >= 0.3 is 0 Å². The van der Waals surface area contributed by atoms with Gasteiger partial charge in [-0.1, -0.05) is 13.8 Å². The third-order valence-electron chi connectivity index (χ3n) is 2.36. The molecule has 0 saturated heterocycles. The highest BCUT2D eigenvalue weighted by molar-refractivity contribution is 7.13. The van der Waals surface area contributed by atoms with Gasteiger partial charge in [0, 0.05) is 17.3 Å². The standard InChI is InChI=1S/C10H17ClN2S/c1-4-9-6-14-10(13-9)12-8(3)7(2)5-11/h6-8H,4-5H2,1-3H3,(H,12,13). The molecule has 0 fully saturated rings. The first-order chi connectivity index (χ1) is 6.67. The van der Waals surface area contributed by atoms with Gasteiger partial charge in [0.2, 0.25) is 0 Å². The van der Waals surface area contributed by atoms with Gasteiger partial charge in [0.1, 0.15) is 0 Å². The van der Waals surface area contributed by atoms with E-state index in [0.717, 1.165) is 17.2 Å². The van der Waals surface area contributed by atoms with Crippen molar-refractivity contribution in [1.29, 1.82) is 0 Å². The normalized spacial score (nSPS) is 15.1. The number of hydrogen-bond donors (Lipinski definition) is 1. The minimum atomic E-state index is 0.378. The number of nitrogens with zero attached hydrogens (tertiary/aromatic N) is 1. The van der Waals surface area contributed by atoms with E-state index in [4.69, 9.17) is 11.6 Å². The van der Waals surface area contributed by atoms with E-state index < -0.39 is 0 Å². The van der Waals surface area contributed by atoms with Crippen molar-refractivity contribution in [3.05, 3.63) is 11.1 Å². The zero-order valence-electron chi connectivity index (χ0n) is 8.88. The summed E-state index contributed by atoms with van der Waals surface area (Å²) in [6.45, 7) is 6.39. The van der Waals surface area contributed by atoms with Crippen molar-refractivity contribution in [1.82, 2.24) is 4.98 Å². The third kappa shape index (κ3) is 3.14. The van der Waals surface area contributed by atoms with Crippen LogP contribution in [0.15, 0.2) is 5.38 Å². The van der Waals surface area contributed by atoms with Crippen LogP contribution in [0.5, 0.6) is 0 Å². The molecular weight excluding hydrogens is 216 g/mol. The van der Waals surface area contributed by atoms with Gasteiger partial charge in [0.15, 0.2) is 5.13 Å². The molecule has 0 bridgehead atoms. The van der Waals surface area contributed by atoms with E-state index in [0.29, 0.717) is 17.8 Å².